The number of halogens is 1. The van der Waals surface area contributed by atoms with Gasteiger partial charge in [0.15, 0.2) is 0 Å². The number of benzene rings is 1. The van der Waals surface area contributed by atoms with Crippen LogP contribution in [-0.4, -0.2) is 40.5 Å². The van der Waals surface area contributed by atoms with Crippen molar-refractivity contribution in [2.75, 3.05) is 11.9 Å². The molecule has 0 saturated heterocycles. The van der Waals surface area contributed by atoms with Crippen LogP contribution in [0.3, 0.4) is 0 Å². The largest absolute Gasteiger partial charge is 0.392 e. The van der Waals surface area contributed by atoms with Crippen molar-refractivity contribution in [1.82, 2.24) is 4.90 Å². The summed E-state index contributed by atoms with van der Waals surface area (Å²) in [6, 6.07) is 4.67. The van der Waals surface area contributed by atoms with Gasteiger partial charge in [-0.15, -0.1) is 0 Å². The Morgan fingerprint density at radius 3 is 2.43 bits per heavy atom. The van der Waals surface area contributed by atoms with Crippen molar-refractivity contribution >= 4 is 29.1 Å². The minimum absolute atomic E-state index is 0.0763. The number of rotatable bonds is 5. The van der Waals surface area contributed by atoms with Gasteiger partial charge in [0.25, 0.3) is 5.91 Å². The van der Waals surface area contributed by atoms with Crippen LogP contribution in [0.25, 0.3) is 0 Å². The number of anilines is 1. The number of carbonyl (C=O) groups is 2. The third-order valence-electron chi connectivity index (χ3n) is 2.86. The molecule has 0 spiro atoms. The molecule has 1 atom stereocenters. The van der Waals surface area contributed by atoms with Crippen LogP contribution in [-0.2, 0) is 4.79 Å². The molecule has 0 fully saturated rings. The maximum Gasteiger partial charge on any atom is 0.255 e. The maximum atomic E-state index is 12.6. The summed E-state index contributed by atoms with van der Waals surface area (Å²) in [5.74, 6) is -0.497. The van der Waals surface area contributed by atoms with E-state index in [2.05, 4.69) is 5.32 Å². The van der Waals surface area contributed by atoms with Gasteiger partial charge in [-0.2, -0.15) is 0 Å². The summed E-state index contributed by atoms with van der Waals surface area (Å²) in [7, 11) is 0. The predicted molar refractivity (Wildman–Crippen MR) is 83.6 cm³/mol. The number of aliphatic hydroxyl groups is 1. The summed E-state index contributed by atoms with van der Waals surface area (Å²) < 4.78 is 0. The molecule has 0 aliphatic heterocycles. The van der Waals surface area contributed by atoms with Crippen LogP contribution in [0.1, 0.15) is 38.1 Å². The van der Waals surface area contributed by atoms with E-state index in [0.717, 1.165) is 0 Å². The van der Waals surface area contributed by atoms with E-state index in [4.69, 9.17) is 11.6 Å². The Balaban J connectivity index is 3.11. The highest BCUT2D eigenvalue weighted by molar-refractivity contribution is 6.34. The third-order valence-corrected chi connectivity index (χ3v) is 3.19. The van der Waals surface area contributed by atoms with Gasteiger partial charge >= 0.3 is 0 Å². The average molecular weight is 313 g/mol. The molecule has 1 unspecified atom stereocenters. The van der Waals surface area contributed by atoms with Crippen LogP contribution in [0, 0.1) is 0 Å². The van der Waals surface area contributed by atoms with Crippen LogP contribution in [0.2, 0.25) is 5.02 Å². The van der Waals surface area contributed by atoms with E-state index in [0.29, 0.717) is 16.3 Å². The lowest BCUT2D eigenvalue weighted by Gasteiger charge is -2.28. The highest BCUT2D eigenvalue weighted by Gasteiger charge is 2.22. The molecule has 6 heteroatoms. The number of nitrogens with one attached hydrogen (secondary N) is 1. The van der Waals surface area contributed by atoms with Gasteiger partial charge in [-0.1, -0.05) is 11.6 Å². The molecule has 0 radical (unpaired) electrons. The fourth-order valence-electron chi connectivity index (χ4n) is 1.94. The normalized spacial score (nSPS) is 12.1. The first-order valence-electron chi connectivity index (χ1n) is 6.78. The Morgan fingerprint density at radius 2 is 1.95 bits per heavy atom. The first-order chi connectivity index (χ1) is 9.72. The molecule has 0 heterocycles. The second-order valence-electron chi connectivity index (χ2n) is 5.28. The lowest BCUT2D eigenvalue weighted by molar-refractivity contribution is -0.114. The molecule has 116 valence electrons. The summed E-state index contributed by atoms with van der Waals surface area (Å²) in [6.45, 7) is 6.97. The molecular weight excluding hydrogens is 292 g/mol. The number of hydrogen-bond donors (Lipinski definition) is 2. The van der Waals surface area contributed by atoms with Crippen LogP contribution >= 0.6 is 11.6 Å². The van der Waals surface area contributed by atoms with Crippen LogP contribution in [0.5, 0.6) is 0 Å². The van der Waals surface area contributed by atoms with Crippen molar-refractivity contribution in [3.63, 3.8) is 0 Å². The first-order valence-corrected chi connectivity index (χ1v) is 7.16. The van der Waals surface area contributed by atoms with Crippen molar-refractivity contribution in [2.45, 2.75) is 39.8 Å². The van der Waals surface area contributed by atoms with Gasteiger partial charge in [-0.05, 0) is 39.0 Å². The molecular formula is C15H21ClN2O3. The minimum atomic E-state index is -0.631. The fourth-order valence-corrected chi connectivity index (χ4v) is 2.14. The Bertz CT molecular complexity index is 530. The number of nitrogens with zero attached hydrogens (tertiary/aromatic N) is 1. The number of amides is 2. The van der Waals surface area contributed by atoms with E-state index >= 15 is 0 Å². The van der Waals surface area contributed by atoms with Gasteiger partial charge in [0.1, 0.15) is 0 Å². The van der Waals surface area contributed by atoms with Gasteiger partial charge in [0.2, 0.25) is 5.91 Å². The fraction of sp³-hybridized carbons (Fsp3) is 0.467. The van der Waals surface area contributed by atoms with Crippen molar-refractivity contribution in [1.29, 1.82) is 0 Å². The highest BCUT2D eigenvalue weighted by atomic mass is 35.5. The van der Waals surface area contributed by atoms with E-state index in [1.807, 2.05) is 13.8 Å². The topological polar surface area (TPSA) is 69.6 Å². The van der Waals surface area contributed by atoms with E-state index in [9.17, 15) is 14.7 Å². The quantitative estimate of drug-likeness (QED) is 0.877. The molecule has 0 saturated carbocycles. The monoisotopic (exact) mass is 312 g/mol. The molecule has 0 bridgehead atoms. The van der Waals surface area contributed by atoms with E-state index in [1.165, 1.54) is 6.92 Å². The second kappa shape index (κ2) is 7.43. The molecule has 0 aliphatic carbocycles. The van der Waals surface area contributed by atoms with Crippen LogP contribution in [0.4, 0.5) is 5.69 Å². The van der Waals surface area contributed by atoms with Crippen LogP contribution < -0.4 is 5.32 Å². The first kappa shape index (κ1) is 17.5. The Labute approximate surface area is 129 Å². The smallest absolute Gasteiger partial charge is 0.255 e. The summed E-state index contributed by atoms with van der Waals surface area (Å²) in [6.07, 6.45) is -0.631. The van der Waals surface area contributed by atoms with Crippen molar-refractivity contribution in [3.05, 3.63) is 28.8 Å². The molecule has 5 nitrogen and oxygen atoms in total. The summed E-state index contributed by atoms with van der Waals surface area (Å²) >= 11 is 6.09. The Hall–Kier alpha value is -1.59. The Kier molecular flexibility index (Phi) is 6.18. The number of hydrogen-bond acceptors (Lipinski definition) is 3. The SMILES string of the molecule is CC(=O)Nc1ccc(Cl)c(C(=O)N(CC(C)O)C(C)C)c1. The summed E-state index contributed by atoms with van der Waals surface area (Å²) in [5, 5.41) is 12.5. The molecule has 1 aromatic rings. The zero-order valence-corrected chi connectivity index (χ0v) is 13.4. The van der Waals surface area contributed by atoms with Crippen molar-refractivity contribution in [2.24, 2.45) is 0 Å². The van der Waals surface area contributed by atoms with Crippen LogP contribution in [0.15, 0.2) is 18.2 Å². The predicted octanol–water partition coefficient (Wildman–Crippen LogP) is 2.53. The molecule has 1 rings (SSSR count). The van der Waals surface area contributed by atoms with E-state index in [1.54, 1.807) is 30.0 Å². The zero-order chi connectivity index (χ0) is 16.2. The van der Waals surface area contributed by atoms with Crippen molar-refractivity contribution < 1.29 is 14.7 Å². The summed E-state index contributed by atoms with van der Waals surface area (Å²) in [4.78, 5) is 25.2. The molecule has 21 heavy (non-hydrogen) atoms. The molecule has 0 aromatic heterocycles. The second-order valence-corrected chi connectivity index (χ2v) is 5.68. The highest BCUT2D eigenvalue weighted by Crippen LogP contribution is 2.23. The summed E-state index contributed by atoms with van der Waals surface area (Å²) in [5.41, 5.74) is 0.813. The van der Waals surface area contributed by atoms with E-state index < -0.39 is 6.10 Å². The lowest BCUT2D eigenvalue weighted by atomic mass is 10.1. The molecule has 1 aromatic carbocycles. The molecule has 2 N–H and O–H groups in total. The van der Waals surface area contributed by atoms with Gasteiger partial charge < -0.3 is 15.3 Å². The molecule has 2 amide bonds. The average Bonchev–Trinajstić information content (AvgIpc) is 2.36. The third kappa shape index (κ3) is 5.02. The maximum absolute atomic E-state index is 12.6. The lowest BCUT2D eigenvalue weighted by Crippen LogP contribution is -2.41. The number of carbonyl (C=O) groups excluding carboxylic acids is 2. The van der Waals surface area contributed by atoms with Gasteiger partial charge in [-0.25, -0.2) is 0 Å². The van der Waals surface area contributed by atoms with Gasteiger partial charge in [0.05, 0.1) is 16.7 Å². The Morgan fingerprint density at radius 1 is 1.33 bits per heavy atom. The number of aliphatic hydroxyl groups excluding tert-OH is 1. The van der Waals surface area contributed by atoms with E-state index in [-0.39, 0.29) is 24.4 Å². The van der Waals surface area contributed by atoms with Crippen molar-refractivity contribution in [3.8, 4) is 0 Å². The van der Waals surface area contributed by atoms with Gasteiger partial charge in [-0.3, -0.25) is 9.59 Å². The van der Waals surface area contributed by atoms with Gasteiger partial charge in [0, 0.05) is 25.2 Å². The zero-order valence-electron chi connectivity index (χ0n) is 12.7. The molecule has 0 aliphatic rings. The minimum Gasteiger partial charge on any atom is -0.392 e. The standard InChI is InChI=1S/C15H21ClN2O3/c1-9(2)18(8-10(3)19)15(21)13-7-12(17-11(4)20)5-6-14(13)16/h5-7,9-10,19H,8H2,1-4H3,(H,17,20).